The van der Waals surface area contributed by atoms with E-state index in [-0.39, 0.29) is 23.4 Å². The molecule has 0 radical (unpaired) electrons. The lowest BCUT2D eigenvalue weighted by molar-refractivity contribution is -0.131. The third-order valence-electron chi connectivity index (χ3n) is 4.44. The molecule has 1 fully saturated rings. The van der Waals surface area contributed by atoms with Gasteiger partial charge in [0.2, 0.25) is 15.9 Å². The molecule has 0 spiro atoms. The van der Waals surface area contributed by atoms with Crippen molar-refractivity contribution < 1.29 is 13.2 Å². The van der Waals surface area contributed by atoms with Gasteiger partial charge in [-0.25, -0.2) is 8.42 Å². The van der Waals surface area contributed by atoms with Crippen molar-refractivity contribution in [3.8, 4) is 6.07 Å². The van der Waals surface area contributed by atoms with E-state index < -0.39 is 10.0 Å². The van der Waals surface area contributed by atoms with Gasteiger partial charge in [0.25, 0.3) is 0 Å². The molecule has 136 valence electrons. The van der Waals surface area contributed by atoms with Crippen LogP contribution in [-0.2, 0) is 21.2 Å². The van der Waals surface area contributed by atoms with E-state index in [1.54, 1.807) is 29.2 Å². The van der Waals surface area contributed by atoms with Crippen molar-refractivity contribution in [1.82, 2.24) is 9.21 Å². The lowest BCUT2D eigenvalue weighted by Gasteiger charge is -2.19. The molecule has 0 aliphatic heterocycles. The van der Waals surface area contributed by atoms with Crippen LogP contribution in [0, 0.1) is 11.3 Å². The zero-order chi connectivity index (χ0) is 18.4. The number of rotatable bonds is 9. The lowest BCUT2D eigenvalue weighted by atomic mass is 10.1. The SMILES string of the molecule is CCN(CC)S(=O)(=O)c1ccc(CCC(=O)N(CC#N)C2CC2)cc1. The van der Waals surface area contributed by atoms with Crippen LogP contribution < -0.4 is 0 Å². The number of nitrogens with zero attached hydrogens (tertiary/aromatic N) is 3. The van der Waals surface area contributed by atoms with Crippen molar-refractivity contribution in [1.29, 1.82) is 5.26 Å². The molecule has 1 amide bonds. The van der Waals surface area contributed by atoms with Crippen LogP contribution in [0.1, 0.15) is 38.7 Å². The highest BCUT2D eigenvalue weighted by Gasteiger charge is 2.31. The van der Waals surface area contributed by atoms with Gasteiger partial charge in [-0.15, -0.1) is 0 Å². The second-order valence-electron chi connectivity index (χ2n) is 6.14. The highest BCUT2D eigenvalue weighted by atomic mass is 32.2. The van der Waals surface area contributed by atoms with Crippen LogP contribution in [0.4, 0.5) is 0 Å². The summed E-state index contributed by atoms with van der Waals surface area (Å²) in [6.45, 7) is 4.64. The third-order valence-corrected chi connectivity index (χ3v) is 6.51. The van der Waals surface area contributed by atoms with Gasteiger partial charge < -0.3 is 4.90 Å². The molecule has 7 heteroatoms. The fraction of sp³-hybridized carbons (Fsp3) is 0.556. The summed E-state index contributed by atoms with van der Waals surface area (Å²) in [5.41, 5.74) is 0.916. The van der Waals surface area contributed by atoms with E-state index in [9.17, 15) is 13.2 Å². The number of sulfonamides is 1. The Balaban J connectivity index is 1.98. The van der Waals surface area contributed by atoms with E-state index in [0.717, 1.165) is 18.4 Å². The Hall–Kier alpha value is -1.91. The molecule has 25 heavy (non-hydrogen) atoms. The van der Waals surface area contributed by atoms with Gasteiger partial charge in [-0.05, 0) is 37.0 Å². The minimum atomic E-state index is -3.45. The van der Waals surface area contributed by atoms with Gasteiger partial charge in [0, 0.05) is 25.6 Å². The van der Waals surface area contributed by atoms with Crippen LogP contribution in [0.3, 0.4) is 0 Å². The molecule has 1 aliphatic carbocycles. The Bertz CT molecular complexity index is 730. The first kappa shape index (κ1) is 19.4. The predicted octanol–water partition coefficient (Wildman–Crippen LogP) is 2.16. The van der Waals surface area contributed by atoms with Gasteiger partial charge >= 0.3 is 0 Å². The number of carbonyl (C=O) groups is 1. The van der Waals surface area contributed by atoms with E-state index in [0.29, 0.717) is 25.9 Å². The number of hydrogen-bond acceptors (Lipinski definition) is 4. The molecule has 0 saturated heterocycles. The Kier molecular flexibility index (Phi) is 6.57. The largest absolute Gasteiger partial charge is 0.326 e. The first-order chi connectivity index (χ1) is 11.9. The predicted molar refractivity (Wildman–Crippen MR) is 95.2 cm³/mol. The van der Waals surface area contributed by atoms with E-state index >= 15 is 0 Å². The fourth-order valence-corrected chi connectivity index (χ4v) is 4.28. The van der Waals surface area contributed by atoms with Crippen LogP contribution in [0.15, 0.2) is 29.2 Å². The monoisotopic (exact) mass is 363 g/mol. The van der Waals surface area contributed by atoms with Crippen LogP contribution in [0.5, 0.6) is 0 Å². The maximum absolute atomic E-state index is 12.4. The Morgan fingerprint density at radius 1 is 1.20 bits per heavy atom. The Labute approximate surface area is 150 Å². The Morgan fingerprint density at radius 2 is 1.80 bits per heavy atom. The van der Waals surface area contributed by atoms with Crippen molar-refractivity contribution in [2.24, 2.45) is 0 Å². The summed E-state index contributed by atoms with van der Waals surface area (Å²) in [4.78, 5) is 14.2. The van der Waals surface area contributed by atoms with Crippen molar-refractivity contribution in [2.75, 3.05) is 19.6 Å². The lowest BCUT2D eigenvalue weighted by Crippen LogP contribution is -2.33. The van der Waals surface area contributed by atoms with E-state index in [2.05, 4.69) is 0 Å². The number of amides is 1. The molecule has 0 heterocycles. The molecule has 0 atom stereocenters. The van der Waals surface area contributed by atoms with Gasteiger partial charge in [0.05, 0.1) is 11.0 Å². The fourth-order valence-electron chi connectivity index (χ4n) is 2.82. The molecule has 1 aliphatic rings. The third kappa shape index (κ3) is 4.80. The number of hydrogen-bond donors (Lipinski definition) is 0. The molecule has 6 nitrogen and oxygen atoms in total. The summed E-state index contributed by atoms with van der Waals surface area (Å²) in [7, 11) is -3.45. The van der Waals surface area contributed by atoms with E-state index in [1.165, 1.54) is 4.31 Å². The van der Waals surface area contributed by atoms with Crippen molar-refractivity contribution in [3.05, 3.63) is 29.8 Å². The van der Waals surface area contributed by atoms with Crippen LogP contribution in [0.2, 0.25) is 0 Å². The molecule has 1 aromatic carbocycles. The molecular formula is C18H25N3O3S. The quantitative estimate of drug-likeness (QED) is 0.630. The highest BCUT2D eigenvalue weighted by molar-refractivity contribution is 7.89. The van der Waals surface area contributed by atoms with E-state index in [1.807, 2.05) is 19.9 Å². The molecule has 0 unspecified atom stereocenters. The summed E-state index contributed by atoms with van der Waals surface area (Å²) in [5.74, 6) is -0.0103. The maximum atomic E-state index is 12.4. The molecule has 1 aromatic rings. The summed E-state index contributed by atoms with van der Waals surface area (Å²) in [5, 5.41) is 8.83. The van der Waals surface area contributed by atoms with Gasteiger partial charge in [-0.1, -0.05) is 26.0 Å². The van der Waals surface area contributed by atoms with Crippen LogP contribution in [-0.4, -0.2) is 49.2 Å². The second-order valence-corrected chi connectivity index (χ2v) is 8.08. The minimum Gasteiger partial charge on any atom is -0.326 e. The first-order valence-electron chi connectivity index (χ1n) is 8.69. The molecular weight excluding hydrogens is 338 g/mol. The number of carbonyl (C=O) groups excluding carboxylic acids is 1. The number of aryl methyl sites for hydroxylation is 1. The molecule has 0 aromatic heterocycles. The van der Waals surface area contributed by atoms with Crippen LogP contribution >= 0.6 is 0 Å². The normalized spacial score (nSPS) is 14.3. The summed E-state index contributed by atoms with van der Waals surface area (Å²) < 4.78 is 26.3. The standard InChI is InChI=1S/C18H25N3O3S/c1-3-20(4-2)25(23,24)17-10-5-15(6-11-17)7-12-18(22)21(14-13-19)16-8-9-16/h5-6,10-11,16H,3-4,7-9,12,14H2,1-2H3. The summed E-state index contributed by atoms with van der Waals surface area (Å²) in [6.07, 6.45) is 2.83. The molecule has 0 bridgehead atoms. The van der Waals surface area contributed by atoms with Gasteiger partial charge in [0.15, 0.2) is 0 Å². The smallest absolute Gasteiger partial charge is 0.243 e. The number of nitriles is 1. The molecule has 2 rings (SSSR count). The zero-order valence-corrected chi connectivity index (χ0v) is 15.6. The summed E-state index contributed by atoms with van der Waals surface area (Å²) >= 11 is 0. The molecule has 1 saturated carbocycles. The van der Waals surface area contributed by atoms with E-state index in [4.69, 9.17) is 5.26 Å². The average Bonchev–Trinajstić information content (AvgIpc) is 3.43. The van der Waals surface area contributed by atoms with Crippen molar-refractivity contribution in [2.45, 2.75) is 50.5 Å². The summed E-state index contributed by atoms with van der Waals surface area (Å²) in [6, 6.07) is 8.99. The molecule has 0 N–H and O–H groups in total. The number of benzene rings is 1. The van der Waals surface area contributed by atoms with Gasteiger partial charge in [-0.2, -0.15) is 9.57 Å². The minimum absolute atomic E-state index is 0.0103. The van der Waals surface area contributed by atoms with Gasteiger partial charge in [-0.3, -0.25) is 4.79 Å². The van der Waals surface area contributed by atoms with Gasteiger partial charge in [0.1, 0.15) is 6.54 Å². The Morgan fingerprint density at radius 3 is 2.28 bits per heavy atom. The highest BCUT2D eigenvalue weighted by Crippen LogP contribution is 2.27. The second kappa shape index (κ2) is 8.45. The topological polar surface area (TPSA) is 81.5 Å². The van der Waals surface area contributed by atoms with Crippen LogP contribution in [0.25, 0.3) is 0 Å². The van der Waals surface area contributed by atoms with Crippen molar-refractivity contribution in [3.63, 3.8) is 0 Å². The first-order valence-corrected chi connectivity index (χ1v) is 10.1. The van der Waals surface area contributed by atoms with Crippen molar-refractivity contribution >= 4 is 15.9 Å². The zero-order valence-electron chi connectivity index (χ0n) is 14.8. The average molecular weight is 363 g/mol. The maximum Gasteiger partial charge on any atom is 0.243 e.